The number of nitrogens with one attached hydrogen (secondary N) is 1. The summed E-state index contributed by atoms with van der Waals surface area (Å²) < 4.78 is 9.70. The van der Waals surface area contributed by atoms with E-state index in [4.69, 9.17) is 9.47 Å². The molecule has 0 amide bonds. The number of methoxy groups -OCH3 is 2. The zero-order valence-electron chi connectivity index (χ0n) is 10.8. The molecule has 0 spiro atoms. The molecule has 8 heteroatoms. The van der Waals surface area contributed by atoms with Crippen LogP contribution in [0.3, 0.4) is 0 Å². The molecule has 1 aromatic rings. The van der Waals surface area contributed by atoms with Crippen LogP contribution in [0.25, 0.3) is 0 Å². The lowest BCUT2D eigenvalue weighted by atomic mass is 10.2. The number of anilines is 1. The summed E-state index contributed by atoms with van der Waals surface area (Å²) in [5.41, 5.74) is -0.137. The van der Waals surface area contributed by atoms with Crippen LogP contribution in [0.2, 0.25) is 0 Å². The van der Waals surface area contributed by atoms with Crippen LogP contribution in [0, 0.1) is 10.1 Å². The summed E-state index contributed by atoms with van der Waals surface area (Å²) in [5, 5.41) is 23.1. The third-order valence-corrected chi connectivity index (χ3v) is 2.38. The molecule has 19 heavy (non-hydrogen) atoms. The van der Waals surface area contributed by atoms with Gasteiger partial charge in [0.15, 0.2) is 0 Å². The quantitative estimate of drug-likeness (QED) is 0.532. The number of pyridine rings is 1. The van der Waals surface area contributed by atoms with Crippen molar-refractivity contribution in [3.63, 3.8) is 0 Å². The summed E-state index contributed by atoms with van der Waals surface area (Å²) in [6, 6.07) is 2.74. The molecule has 1 unspecified atom stereocenters. The van der Waals surface area contributed by atoms with Crippen molar-refractivity contribution in [2.45, 2.75) is 12.5 Å². The first-order chi connectivity index (χ1) is 9.08. The number of ether oxygens (including phenoxy) is 2. The Morgan fingerprint density at radius 1 is 1.53 bits per heavy atom. The van der Waals surface area contributed by atoms with Crippen molar-refractivity contribution in [1.82, 2.24) is 4.98 Å². The van der Waals surface area contributed by atoms with Crippen LogP contribution in [0.15, 0.2) is 12.1 Å². The molecule has 0 aliphatic heterocycles. The standard InChI is InChI=1S/C11H17N3O5/c1-18-7-8(15)5-6-12-11-9(14(16)17)3-4-10(13-11)19-2/h3-4,8,15H,5-7H2,1-2H3,(H,12,13). The molecule has 0 aromatic carbocycles. The van der Waals surface area contributed by atoms with E-state index in [-0.39, 0.29) is 24.0 Å². The smallest absolute Gasteiger partial charge is 0.311 e. The average molecular weight is 271 g/mol. The average Bonchev–Trinajstić information content (AvgIpc) is 2.38. The Labute approximate surface area is 110 Å². The number of aliphatic hydroxyl groups is 1. The van der Waals surface area contributed by atoms with Crippen molar-refractivity contribution < 1.29 is 19.5 Å². The van der Waals surface area contributed by atoms with Crippen LogP contribution in [0.5, 0.6) is 5.88 Å². The van der Waals surface area contributed by atoms with E-state index in [0.717, 1.165) is 0 Å². The van der Waals surface area contributed by atoms with E-state index in [9.17, 15) is 15.2 Å². The second kappa shape index (κ2) is 7.49. The SMILES string of the molecule is COCC(O)CCNc1nc(OC)ccc1[N+](=O)[O-]. The third-order valence-electron chi connectivity index (χ3n) is 2.38. The lowest BCUT2D eigenvalue weighted by Crippen LogP contribution is -2.19. The first-order valence-electron chi connectivity index (χ1n) is 5.68. The lowest BCUT2D eigenvalue weighted by molar-refractivity contribution is -0.384. The van der Waals surface area contributed by atoms with E-state index < -0.39 is 11.0 Å². The van der Waals surface area contributed by atoms with Crippen LogP contribution in [-0.2, 0) is 4.74 Å². The second-order valence-corrected chi connectivity index (χ2v) is 3.80. The van der Waals surface area contributed by atoms with Crippen LogP contribution >= 0.6 is 0 Å². The van der Waals surface area contributed by atoms with Gasteiger partial charge in [0.1, 0.15) is 0 Å². The van der Waals surface area contributed by atoms with Crippen LogP contribution < -0.4 is 10.1 Å². The molecule has 106 valence electrons. The molecule has 0 aliphatic carbocycles. The summed E-state index contributed by atoms with van der Waals surface area (Å²) in [7, 11) is 2.92. The Kier molecular flexibility index (Phi) is 5.97. The van der Waals surface area contributed by atoms with Gasteiger partial charge in [-0.05, 0) is 6.42 Å². The minimum absolute atomic E-state index is 0.119. The van der Waals surface area contributed by atoms with Gasteiger partial charge in [0.05, 0.1) is 24.7 Å². The highest BCUT2D eigenvalue weighted by molar-refractivity contribution is 5.56. The highest BCUT2D eigenvalue weighted by Crippen LogP contribution is 2.24. The Bertz CT molecular complexity index is 427. The van der Waals surface area contributed by atoms with Gasteiger partial charge in [-0.1, -0.05) is 0 Å². The van der Waals surface area contributed by atoms with Gasteiger partial charge in [-0.3, -0.25) is 10.1 Å². The molecule has 1 rings (SSSR count). The molecule has 1 atom stereocenters. The Morgan fingerprint density at radius 2 is 2.26 bits per heavy atom. The number of rotatable bonds is 8. The van der Waals surface area contributed by atoms with E-state index in [0.29, 0.717) is 13.0 Å². The predicted molar refractivity (Wildman–Crippen MR) is 68.4 cm³/mol. The highest BCUT2D eigenvalue weighted by Gasteiger charge is 2.16. The molecule has 1 heterocycles. The third kappa shape index (κ3) is 4.68. The number of aliphatic hydroxyl groups excluding tert-OH is 1. The van der Waals surface area contributed by atoms with Crippen molar-refractivity contribution in [2.24, 2.45) is 0 Å². The van der Waals surface area contributed by atoms with Gasteiger partial charge in [-0.25, -0.2) is 0 Å². The first-order valence-corrected chi connectivity index (χ1v) is 5.68. The highest BCUT2D eigenvalue weighted by atomic mass is 16.6. The largest absolute Gasteiger partial charge is 0.481 e. The normalized spacial score (nSPS) is 11.9. The maximum Gasteiger partial charge on any atom is 0.311 e. The van der Waals surface area contributed by atoms with Crippen LogP contribution in [-0.4, -0.2) is 48.5 Å². The fourth-order valence-electron chi connectivity index (χ4n) is 1.46. The van der Waals surface area contributed by atoms with Crippen molar-refractivity contribution in [1.29, 1.82) is 0 Å². The Morgan fingerprint density at radius 3 is 2.84 bits per heavy atom. The van der Waals surface area contributed by atoms with Crippen molar-refractivity contribution in [3.05, 3.63) is 22.2 Å². The number of hydrogen-bond acceptors (Lipinski definition) is 7. The predicted octanol–water partition coefficient (Wildman–Crippen LogP) is 0.808. The van der Waals surface area contributed by atoms with Crippen molar-refractivity contribution >= 4 is 11.5 Å². The number of nitro groups is 1. The molecule has 0 saturated carbocycles. The molecule has 0 bridgehead atoms. The topological polar surface area (TPSA) is 107 Å². The van der Waals surface area contributed by atoms with E-state index in [1.165, 1.54) is 26.4 Å². The first kappa shape index (κ1) is 15.1. The number of nitrogens with zero attached hydrogens (tertiary/aromatic N) is 2. The van der Waals surface area contributed by atoms with Crippen molar-refractivity contribution in [2.75, 3.05) is 32.7 Å². The van der Waals surface area contributed by atoms with E-state index >= 15 is 0 Å². The molecule has 0 fully saturated rings. The summed E-state index contributed by atoms with van der Waals surface area (Å²) >= 11 is 0. The van der Waals surface area contributed by atoms with Gasteiger partial charge in [0.2, 0.25) is 11.7 Å². The molecule has 0 aliphatic rings. The molecule has 8 nitrogen and oxygen atoms in total. The summed E-state index contributed by atoms with van der Waals surface area (Å²) in [6.07, 6.45) is -0.230. The van der Waals surface area contributed by atoms with E-state index in [1.54, 1.807) is 0 Å². The summed E-state index contributed by atoms with van der Waals surface area (Å²) in [6.45, 7) is 0.556. The van der Waals surface area contributed by atoms with Crippen LogP contribution in [0.4, 0.5) is 11.5 Å². The van der Waals surface area contributed by atoms with Gasteiger partial charge in [-0.15, -0.1) is 0 Å². The Balaban J connectivity index is 2.67. The van der Waals surface area contributed by atoms with E-state index in [2.05, 4.69) is 10.3 Å². The molecule has 2 N–H and O–H groups in total. The summed E-state index contributed by atoms with van der Waals surface area (Å²) in [4.78, 5) is 14.3. The lowest BCUT2D eigenvalue weighted by Gasteiger charge is -2.11. The Hall–Kier alpha value is -1.93. The zero-order chi connectivity index (χ0) is 14.3. The van der Waals surface area contributed by atoms with Crippen molar-refractivity contribution in [3.8, 4) is 5.88 Å². The van der Waals surface area contributed by atoms with Crippen LogP contribution in [0.1, 0.15) is 6.42 Å². The molecule has 1 aromatic heterocycles. The minimum atomic E-state index is -0.623. The maximum atomic E-state index is 10.8. The van der Waals surface area contributed by atoms with E-state index in [1.807, 2.05) is 0 Å². The minimum Gasteiger partial charge on any atom is -0.481 e. The molecular formula is C11H17N3O5. The zero-order valence-corrected chi connectivity index (χ0v) is 10.8. The maximum absolute atomic E-state index is 10.8. The van der Waals surface area contributed by atoms with Gasteiger partial charge < -0.3 is 19.9 Å². The fraction of sp³-hybridized carbons (Fsp3) is 0.545. The monoisotopic (exact) mass is 271 g/mol. The number of aromatic nitrogens is 1. The van der Waals surface area contributed by atoms with Gasteiger partial charge >= 0.3 is 5.69 Å². The molecule has 0 saturated heterocycles. The van der Waals surface area contributed by atoms with Gasteiger partial charge in [0.25, 0.3) is 0 Å². The second-order valence-electron chi connectivity index (χ2n) is 3.80. The van der Waals surface area contributed by atoms with Gasteiger partial charge in [0, 0.05) is 25.8 Å². The molecule has 0 radical (unpaired) electrons. The number of hydrogen-bond donors (Lipinski definition) is 2. The van der Waals surface area contributed by atoms with Gasteiger partial charge in [-0.2, -0.15) is 4.98 Å². The summed E-state index contributed by atoms with van der Waals surface area (Å²) in [5.74, 6) is 0.402. The fourth-order valence-corrected chi connectivity index (χ4v) is 1.46. The molecular weight excluding hydrogens is 254 g/mol.